The second-order valence-electron chi connectivity index (χ2n) is 5.80. The summed E-state index contributed by atoms with van der Waals surface area (Å²) in [6.07, 6.45) is 4.90. The molecule has 6 nitrogen and oxygen atoms in total. The van der Waals surface area contributed by atoms with Crippen LogP contribution in [0.2, 0.25) is 0 Å². The van der Waals surface area contributed by atoms with Crippen LogP contribution in [0.25, 0.3) is 0 Å². The van der Waals surface area contributed by atoms with Gasteiger partial charge in [-0.2, -0.15) is 0 Å². The largest absolute Gasteiger partial charge is 0.469 e. The molecule has 0 fully saturated rings. The minimum atomic E-state index is -0.357. The number of aryl methyl sites for hydroxylation is 1. The first kappa shape index (κ1) is 18.7. The van der Waals surface area contributed by atoms with Crippen molar-refractivity contribution in [2.24, 2.45) is 0 Å². The molecule has 0 aliphatic rings. The third kappa shape index (κ3) is 4.92. The summed E-state index contributed by atoms with van der Waals surface area (Å²) in [7, 11) is 2.74. The van der Waals surface area contributed by atoms with Crippen molar-refractivity contribution in [2.45, 2.75) is 39.2 Å². The minimum absolute atomic E-state index is 0.190. The van der Waals surface area contributed by atoms with Gasteiger partial charge in [-0.3, -0.25) is 4.79 Å². The number of imidazole rings is 1. The van der Waals surface area contributed by atoms with Crippen LogP contribution in [-0.4, -0.2) is 35.7 Å². The second kappa shape index (κ2) is 9.01. The van der Waals surface area contributed by atoms with Gasteiger partial charge in [0.15, 0.2) is 0 Å². The van der Waals surface area contributed by atoms with E-state index in [1.54, 1.807) is 18.3 Å². The summed E-state index contributed by atoms with van der Waals surface area (Å²) < 4.78 is 11.5. The first-order valence-corrected chi connectivity index (χ1v) is 8.36. The molecule has 0 atom stereocenters. The van der Waals surface area contributed by atoms with Gasteiger partial charge in [0.05, 0.1) is 26.2 Å². The third-order valence-corrected chi connectivity index (χ3v) is 4.04. The van der Waals surface area contributed by atoms with E-state index in [2.05, 4.69) is 16.5 Å². The number of benzene rings is 1. The molecule has 0 aliphatic heterocycles. The van der Waals surface area contributed by atoms with Crippen molar-refractivity contribution in [3.05, 3.63) is 53.1 Å². The number of esters is 2. The highest BCUT2D eigenvalue weighted by atomic mass is 16.5. The van der Waals surface area contributed by atoms with Crippen molar-refractivity contribution in [2.75, 3.05) is 14.2 Å². The number of carbonyl (C=O) groups is 2. The van der Waals surface area contributed by atoms with Gasteiger partial charge in [-0.1, -0.05) is 25.5 Å². The van der Waals surface area contributed by atoms with Gasteiger partial charge in [-0.05, 0) is 24.1 Å². The third-order valence-electron chi connectivity index (χ3n) is 4.04. The standard InChI is InChI=1S/C19H24N2O4/c1-4-5-6-17-20-12-16(11-18(22)24-2)21(17)13-14-7-9-15(10-8-14)19(23)25-3/h7-10,12H,4-6,11,13H2,1-3H3. The van der Waals surface area contributed by atoms with E-state index in [1.165, 1.54) is 14.2 Å². The maximum absolute atomic E-state index is 11.6. The Morgan fingerprint density at radius 2 is 1.84 bits per heavy atom. The number of aromatic nitrogens is 2. The predicted molar refractivity (Wildman–Crippen MR) is 93.4 cm³/mol. The van der Waals surface area contributed by atoms with Crippen LogP contribution in [0.3, 0.4) is 0 Å². The molecule has 0 aliphatic carbocycles. The first-order valence-electron chi connectivity index (χ1n) is 8.36. The number of rotatable bonds is 8. The van der Waals surface area contributed by atoms with Crippen LogP contribution in [-0.2, 0) is 33.7 Å². The van der Waals surface area contributed by atoms with Gasteiger partial charge in [0.1, 0.15) is 5.82 Å². The molecule has 0 saturated carbocycles. The van der Waals surface area contributed by atoms with Crippen molar-refractivity contribution in [3.63, 3.8) is 0 Å². The molecule has 2 rings (SSSR count). The Balaban J connectivity index is 2.24. The molecule has 1 aromatic heterocycles. The van der Waals surface area contributed by atoms with Crippen LogP contribution < -0.4 is 0 Å². The Bertz CT molecular complexity index is 720. The Hall–Kier alpha value is -2.63. The second-order valence-corrected chi connectivity index (χ2v) is 5.80. The van der Waals surface area contributed by atoms with E-state index in [9.17, 15) is 9.59 Å². The average molecular weight is 344 g/mol. The first-order chi connectivity index (χ1) is 12.1. The van der Waals surface area contributed by atoms with Gasteiger partial charge >= 0.3 is 11.9 Å². The smallest absolute Gasteiger partial charge is 0.337 e. The van der Waals surface area contributed by atoms with Crippen LogP contribution >= 0.6 is 0 Å². The zero-order valence-electron chi connectivity index (χ0n) is 14.9. The Kier molecular flexibility index (Phi) is 6.74. The van der Waals surface area contributed by atoms with E-state index in [0.717, 1.165) is 36.3 Å². The fraction of sp³-hybridized carbons (Fsp3) is 0.421. The van der Waals surface area contributed by atoms with E-state index < -0.39 is 0 Å². The molecule has 1 heterocycles. The molecule has 134 valence electrons. The number of carbonyl (C=O) groups excluding carboxylic acids is 2. The van der Waals surface area contributed by atoms with E-state index >= 15 is 0 Å². The molecule has 0 amide bonds. The Labute approximate surface area is 147 Å². The molecule has 0 spiro atoms. The van der Waals surface area contributed by atoms with E-state index in [4.69, 9.17) is 9.47 Å². The molecular weight excluding hydrogens is 320 g/mol. The maximum Gasteiger partial charge on any atom is 0.337 e. The molecule has 25 heavy (non-hydrogen) atoms. The van der Waals surface area contributed by atoms with E-state index in [1.807, 2.05) is 12.1 Å². The summed E-state index contributed by atoms with van der Waals surface area (Å²) in [5, 5.41) is 0. The fourth-order valence-electron chi connectivity index (χ4n) is 2.59. The van der Waals surface area contributed by atoms with Crippen LogP contribution in [0.4, 0.5) is 0 Å². The van der Waals surface area contributed by atoms with E-state index in [-0.39, 0.29) is 18.4 Å². The van der Waals surface area contributed by atoms with Gasteiger partial charge in [0, 0.05) is 24.9 Å². The molecular formula is C19H24N2O4. The zero-order chi connectivity index (χ0) is 18.2. The number of unbranched alkanes of at least 4 members (excludes halogenated alkanes) is 1. The summed E-state index contributed by atoms with van der Waals surface area (Å²) in [5.41, 5.74) is 2.36. The fourth-order valence-corrected chi connectivity index (χ4v) is 2.59. The highest BCUT2D eigenvalue weighted by Gasteiger charge is 2.14. The summed E-state index contributed by atoms with van der Waals surface area (Å²) in [5.74, 6) is 0.311. The normalized spacial score (nSPS) is 10.5. The zero-order valence-corrected chi connectivity index (χ0v) is 14.9. The van der Waals surface area contributed by atoms with Crippen LogP contribution in [0.5, 0.6) is 0 Å². The van der Waals surface area contributed by atoms with Crippen molar-refractivity contribution < 1.29 is 19.1 Å². The van der Waals surface area contributed by atoms with Crippen LogP contribution in [0.1, 0.15) is 47.2 Å². The molecule has 0 bridgehead atoms. The van der Waals surface area contributed by atoms with Crippen molar-refractivity contribution in [1.29, 1.82) is 0 Å². The van der Waals surface area contributed by atoms with Crippen molar-refractivity contribution in [3.8, 4) is 0 Å². The lowest BCUT2D eigenvalue weighted by Crippen LogP contribution is -2.13. The Morgan fingerprint density at radius 1 is 1.12 bits per heavy atom. The number of methoxy groups -OCH3 is 2. The van der Waals surface area contributed by atoms with Gasteiger partial charge in [-0.15, -0.1) is 0 Å². The summed E-state index contributed by atoms with van der Waals surface area (Å²) in [6, 6.07) is 7.25. The van der Waals surface area contributed by atoms with Gasteiger partial charge in [0.25, 0.3) is 0 Å². The predicted octanol–water partition coefficient (Wildman–Crippen LogP) is 2.78. The molecule has 2 aromatic rings. The number of hydrogen-bond acceptors (Lipinski definition) is 5. The maximum atomic E-state index is 11.6. The molecule has 6 heteroatoms. The van der Waals surface area contributed by atoms with Crippen LogP contribution in [0.15, 0.2) is 30.5 Å². The molecule has 0 N–H and O–H groups in total. The molecule has 0 saturated heterocycles. The molecule has 1 aromatic carbocycles. The van der Waals surface area contributed by atoms with Crippen molar-refractivity contribution >= 4 is 11.9 Å². The molecule has 0 unspecified atom stereocenters. The van der Waals surface area contributed by atoms with Gasteiger partial charge < -0.3 is 14.0 Å². The lowest BCUT2D eigenvalue weighted by atomic mass is 10.1. The molecule has 0 radical (unpaired) electrons. The highest BCUT2D eigenvalue weighted by molar-refractivity contribution is 5.89. The topological polar surface area (TPSA) is 70.4 Å². The van der Waals surface area contributed by atoms with Crippen LogP contribution in [0, 0.1) is 0 Å². The quantitative estimate of drug-likeness (QED) is 0.689. The summed E-state index contributed by atoms with van der Waals surface area (Å²) in [6.45, 7) is 2.72. The summed E-state index contributed by atoms with van der Waals surface area (Å²) in [4.78, 5) is 27.7. The number of ether oxygens (including phenoxy) is 2. The van der Waals surface area contributed by atoms with Crippen molar-refractivity contribution in [1.82, 2.24) is 9.55 Å². The average Bonchev–Trinajstić information content (AvgIpc) is 3.01. The minimum Gasteiger partial charge on any atom is -0.469 e. The SMILES string of the molecule is CCCCc1ncc(CC(=O)OC)n1Cc1ccc(C(=O)OC)cc1. The van der Waals surface area contributed by atoms with Gasteiger partial charge in [0.2, 0.25) is 0 Å². The number of nitrogens with zero attached hydrogens (tertiary/aromatic N) is 2. The summed E-state index contributed by atoms with van der Waals surface area (Å²) >= 11 is 0. The number of hydrogen-bond donors (Lipinski definition) is 0. The monoisotopic (exact) mass is 344 g/mol. The van der Waals surface area contributed by atoms with Gasteiger partial charge in [-0.25, -0.2) is 9.78 Å². The lowest BCUT2D eigenvalue weighted by Gasteiger charge is -2.12. The Morgan fingerprint density at radius 3 is 2.44 bits per heavy atom. The van der Waals surface area contributed by atoms with E-state index in [0.29, 0.717) is 12.1 Å². The highest BCUT2D eigenvalue weighted by Crippen LogP contribution is 2.15. The lowest BCUT2D eigenvalue weighted by molar-refractivity contribution is -0.139.